The van der Waals surface area contributed by atoms with Crippen LogP contribution in [0.15, 0.2) is 54.6 Å². The Hall–Kier alpha value is -1.84. The molecule has 0 bridgehead atoms. The van der Waals surface area contributed by atoms with Crippen LogP contribution in [0.4, 0.5) is 0 Å². The van der Waals surface area contributed by atoms with Crippen molar-refractivity contribution in [2.24, 2.45) is 5.73 Å². The largest absolute Gasteiger partial charge is 0.496 e. The van der Waals surface area contributed by atoms with E-state index in [2.05, 4.69) is 42.3 Å². The molecule has 106 valence electrons. The van der Waals surface area contributed by atoms with Crippen molar-refractivity contribution in [2.75, 3.05) is 20.7 Å². The molecule has 3 heteroatoms. The average molecular weight is 270 g/mol. The molecule has 0 fully saturated rings. The first-order chi connectivity index (χ1) is 9.76. The topological polar surface area (TPSA) is 38.5 Å². The first kappa shape index (κ1) is 14.6. The van der Waals surface area contributed by atoms with E-state index >= 15 is 0 Å². The van der Waals surface area contributed by atoms with Gasteiger partial charge in [0.05, 0.1) is 13.2 Å². The molecule has 2 N–H and O–H groups in total. The molecule has 0 amide bonds. The Labute approximate surface area is 121 Å². The number of methoxy groups -OCH3 is 1. The summed E-state index contributed by atoms with van der Waals surface area (Å²) in [6.07, 6.45) is 0. The monoisotopic (exact) mass is 270 g/mol. The first-order valence-corrected chi connectivity index (χ1v) is 6.83. The van der Waals surface area contributed by atoms with Crippen LogP contribution in [0.5, 0.6) is 5.75 Å². The molecule has 20 heavy (non-hydrogen) atoms. The number of benzene rings is 2. The van der Waals surface area contributed by atoms with Crippen molar-refractivity contribution < 1.29 is 4.74 Å². The first-order valence-electron chi connectivity index (χ1n) is 6.83. The summed E-state index contributed by atoms with van der Waals surface area (Å²) in [6.45, 7) is 1.42. The van der Waals surface area contributed by atoms with Gasteiger partial charge in [0, 0.05) is 18.7 Å². The quantitative estimate of drug-likeness (QED) is 0.877. The third-order valence-corrected chi connectivity index (χ3v) is 3.53. The molecule has 0 aliphatic heterocycles. The van der Waals surface area contributed by atoms with Gasteiger partial charge in [0.1, 0.15) is 5.75 Å². The van der Waals surface area contributed by atoms with Crippen LogP contribution >= 0.6 is 0 Å². The molecule has 0 aliphatic carbocycles. The van der Waals surface area contributed by atoms with Crippen LogP contribution in [0.2, 0.25) is 0 Å². The van der Waals surface area contributed by atoms with Gasteiger partial charge in [-0.15, -0.1) is 0 Å². The summed E-state index contributed by atoms with van der Waals surface area (Å²) < 4.78 is 5.45. The molecule has 0 aromatic heterocycles. The van der Waals surface area contributed by atoms with E-state index in [1.165, 1.54) is 5.56 Å². The van der Waals surface area contributed by atoms with E-state index in [0.717, 1.165) is 17.9 Å². The third kappa shape index (κ3) is 3.38. The van der Waals surface area contributed by atoms with Gasteiger partial charge in [0.25, 0.3) is 0 Å². The molecule has 0 aliphatic rings. The smallest absolute Gasteiger partial charge is 0.123 e. The molecule has 0 spiro atoms. The predicted octanol–water partition coefficient (Wildman–Crippen LogP) is 2.83. The highest BCUT2D eigenvalue weighted by Gasteiger charge is 2.19. The molecule has 0 saturated heterocycles. The zero-order chi connectivity index (χ0) is 14.4. The van der Waals surface area contributed by atoms with Crippen molar-refractivity contribution in [2.45, 2.75) is 12.6 Å². The fraction of sp³-hybridized carbons (Fsp3) is 0.294. The number of ether oxygens (including phenoxy) is 1. The second kappa shape index (κ2) is 7.08. The lowest BCUT2D eigenvalue weighted by Crippen LogP contribution is -2.30. The molecule has 1 unspecified atom stereocenters. The van der Waals surface area contributed by atoms with E-state index in [0.29, 0.717) is 6.54 Å². The number of hydrogen-bond donors (Lipinski definition) is 1. The Balaban J connectivity index is 2.19. The number of para-hydroxylation sites is 1. The summed E-state index contributed by atoms with van der Waals surface area (Å²) in [5.74, 6) is 0.892. The van der Waals surface area contributed by atoms with Gasteiger partial charge < -0.3 is 10.5 Å². The fourth-order valence-electron chi connectivity index (χ4n) is 2.47. The summed E-state index contributed by atoms with van der Waals surface area (Å²) in [4.78, 5) is 2.26. The summed E-state index contributed by atoms with van der Waals surface area (Å²) in [5.41, 5.74) is 8.40. The Morgan fingerprint density at radius 2 is 1.70 bits per heavy atom. The van der Waals surface area contributed by atoms with E-state index in [9.17, 15) is 0 Å². The molecule has 0 radical (unpaired) electrons. The van der Waals surface area contributed by atoms with Crippen LogP contribution in [-0.4, -0.2) is 25.6 Å². The highest BCUT2D eigenvalue weighted by Crippen LogP contribution is 2.28. The molecule has 0 saturated carbocycles. The lowest BCUT2D eigenvalue weighted by molar-refractivity contribution is 0.236. The number of nitrogens with two attached hydrogens (primary N) is 1. The number of rotatable bonds is 6. The van der Waals surface area contributed by atoms with Crippen molar-refractivity contribution in [3.05, 3.63) is 65.7 Å². The van der Waals surface area contributed by atoms with Crippen LogP contribution in [-0.2, 0) is 6.54 Å². The second-order valence-electron chi connectivity index (χ2n) is 4.89. The summed E-state index contributed by atoms with van der Waals surface area (Å²) in [6, 6.07) is 18.6. The van der Waals surface area contributed by atoms with Crippen LogP contribution in [0, 0.1) is 0 Å². The molecular weight excluding hydrogens is 248 g/mol. The SMILES string of the molecule is COc1ccccc1C(CN)N(C)Cc1ccccc1. The van der Waals surface area contributed by atoms with Gasteiger partial charge in [0.2, 0.25) is 0 Å². The van der Waals surface area contributed by atoms with Crippen molar-refractivity contribution in [3.63, 3.8) is 0 Å². The highest BCUT2D eigenvalue weighted by atomic mass is 16.5. The van der Waals surface area contributed by atoms with E-state index in [-0.39, 0.29) is 6.04 Å². The molecule has 3 nitrogen and oxygen atoms in total. The maximum atomic E-state index is 5.99. The minimum Gasteiger partial charge on any atom is -0.496 e. The van der Waals surface area contributed by atoms with Crippen molar-refractivity contribution in [1.29, 1.82) is 0 Å². The maximum Gasteiger partial charge on any atom is 0.123 e. The van der Waals surface area contributed by atoms with E-state index in [1.807, 2.05) is 24.3 Å². The van der Waals surface area contributed by atoms with E-state index in [1.54, 1.807) is 7.11 Å². The molecule has 1 atom stereocenters. The number of nitrogens with zero attached hydrogens (tertiary/aromatic N) is 1. The highest BCUT2D eigenvalue weighted by molar-refractivity contribution is 5.36. The Kier molecular flexibility index (Phi) is 5.16. The standard InChI is InChI=1S/C17H22N2O/c1-19(13-14-8-4-3-5-9-14)16(12-18)15-10-6-7-11-17(15)20-2/h3-11,16H,12-13,18H2,1-2H3. The fourth-order valence-corrected chi connectivity index (χ4v) is 2.47. The van der Waals surface area contributed by atoms with Crippen LogP contribution < -0.4 is 10.5 Å². The van der Waals surface area contributed by atoms with Gasteiger partial charge in [0.15, 0.2) is 0 Å². The van der Waals surface area contributed by atoms with Crippen molar-refractivity contribution in [3.8, 4) is 5.75 Å². The minimum absolute atomic E-state index is 0.145. The van der Waals surface area contributed by atoms with Crippen molar-refractivity contribution in [1.82, 2.24) is 4.90 Å². The van der Waals surface area contributed by atoms with Crippen molar-refractivity contribution >= 4 is 0 Å². The molecular formula is C17H22N2O. The zero-order valence-electron chi connectivity index (χ0n) is 12.1. The number of hydrogen-bond acceptors (Lipinski definition) is 3. The minimum atomic E-state index is 0.145. The zero-order valence-corrected chi connectivity index (χ0v) is 12.1. The number of likely N-dealkylation sites (N-methyl/N-ethyl adjacent to an activating group) is 1. The molecule has 0 heterocycles. The maximum absolute atomic E-state index is 5.99. The summed E-state index contributed by atoms with van der Waals surface area (Å²) in [7, 11) is 3.79. The average Bonchev–Trinajstić information content (AvgIpc) is 2.49. The van der Waals surface area contributed by atoms with E-state index < -0.39 is 0 Å². The van der Waals surface area contributed by atoms with Gasteiger partial charge in [-0.1, -0.05) is 48.5 Å². The van der Waals surface area contributed by atoms with Crippen LogP contribution in [0.3, 0.4) is 0 Å². The normalized spacial score (nSPS) is 12.4. The van der Waals surface area contributed by atoms with Gasteiger partial charge >= 0.3 is 0 Å². The second-order valence-corrected chi connectivity index (χ2v) is 4.89. The lowest BCUT2D eigenvalue weighted by atomic mass is 10.0. The summed E-state index contributed by atoms with van der Waals surface area (Å²) in [5, 5.41) is 0. The van der Waals surface area contributed by atoms with Gasteiger partial charge in [-0.05, 0) is 18.7 Å². The predicted molar refractivity (Wildman–Crippen MR) is 82.7 cm³/mol. The molecule has 2 aromatic carbocycles. The van der Waals surface area contributed by atoms with Gasteiger partial charge in [-0.3, -0.25) is 4.90 Å². The van der Waals surface area contributed by atoms with Crippen LogP contribution in [0.25, 0.3) is 0 Å². The van der Waals surface area contributed by atoms with E-state index in [4.69, 9.17) is 10.5 Å². The third-order valence-electron chi connectivity index (χ3n) is 3.53. The Morgan fingerprint density at radius 3 is 2.35 bits per heavy atom. The molecule has 2 aromatic rings. The Bertz CT molecular complexity index is 528. The summed E-state index contributed by atoms with van der Waals surface area (Å²) >= 11 is 0. The lowest BCUT2D eigenvalue weighted by Gasteiger charge is -2.28. The Morgan fingerprint density at radius 1 is 1.05 bits per heavy atom. The molecule has 2 rings (SSSR count). The van der Waals surface area contributed by atoms with Gasteiger partial charge in [-0.25, -0.2) is 0 Å². The van der Waals surface area contributed by atoms with Crippen LogP contribution in [0.1, 0.15) is 17.2 Å². The van der Waals surface area contributed by atoms with Gasteiger partial charge in [-0.2, -0.15) is 0 Å².